The predicted octanol–water partition coefficient (Wildman–Crippen LogP) is 0.729. The van der Waals surface area contributed by atoms with E-state index in [9.17, 15) is 5.11 Å². The summed E-state index contributed by atoms with van der Waals surface area (Å²) in [6.07, 6.45) is 0. The van der Waals surface area contributed by atoms with Crippen LogP contribution in [-0.2, 0) is 0 Å². The first-order valence-corrected chi connectivity index (χ1v) is 6.65. The number of aromatic nitrogens is 3. The Hall–Kier alpha value is -1.63. The molecule has 0 amide bonds. The van der Waals surface area contributed by atoms with Crippen LogP contribution in [0.2, 0.25) is 0 Å². The minimum Gasteiger partial charge on any atom is -0.394 e. The maximum absolute atomic E-state index is 9.32. The molecule has 1 aromatic heterocycles. The van der Waals surface area contributed by atoms with Crippen LogP contribution in [0.25, 0.3) is 0 Å². The molecular weight excluding hydrogens is 244 g/mol. The van der Waals surface area contributed by atoms with Gasteiger partial charge in [0.1, 0.15) is 0 Å². The summed E-state index contributed by atoms with van der Waals surface area (Å²) in [5.41, 5.74) is 5.71. The van der Waals surface area contributed by atoms with Gasteiger partial charge in [-0.15, -0.1) is 0 Å². The number of aliphatic hydroxyl groups excluding tert-OH is 1. The number of rotatable bonds is 7. The Labute approximate surface area is 114 Å². The molecule has 1 rings (SSSR count). The lowest BCUT2D eigenvalue weighted by atomic mass is 10.1. The zero-order chi connectivity index (χ0) is 14.4. The first-order chi connectivity index (χ1) is 9.01. The van der Waals surface area contributed by atoms with E-state index in [2.05, 4.69) is 20.3 Å². The van der Waals surface area contributed by atoms with E-state index in [0.717, 1.165) is 13.1 Å². The third-order valence-corrected chi connectivity index (χ3v) is 3.00. The normalized spacial score (nSPS) is 12.5. The van der Waals surface area contributed by atoms with Crippen LogP contribution in [0.5, 0.6) is 0 Å². The summed E-state index contributed by atoms with van der Waals surface area (Å²) in [5.74, 6) is 1.40. The van der Waals surface area contributed by atoms with E-state index in [4.69, 9.17) is 5.73 Å². The fourth-order valence-corrected chi connectivity index (χ4v) is 1.68. The highest BCUT2D eigenvalue weighted by atomic mass is 16.3. The second-order valence-electron chi connectivity index (χ2n) is 4.67. The molecule has 7 nitrogen and oxygen atoms in total. The molecule has 0 aliphatic heterocycles. The fourth-order valence-electron chi connectivity index (χ4n) is 1.68. The molecule has 0 saturated heterocycles. The Morgan fingerprint density at radius 2 is 1.84 bits per heavy atom. The number of nitrogens with two attached hydrogens (primary N) is 1. The van der Waals surface area contributed by atoms with E-state index in [1.54, 1.807) is 0 Å². The van der Waals surface area contributed by atoms with E-state index in [1.165, 1.54) is 0 Å². The molecule has 0 radical (unpaired) electrons. The maximum atomic E-state index is 9.32. The summed E-state index contributed by atoms with van der Waals surface area (Å²) >= 11 is 0. The van der Waals surface area contributed by atoms with Crippen molar-refractivity contribution < 1.29 is 5.11 Å². The summed E-state index contributed by atoms with van der Waals surface area (Å²) in [6, 6.07) is -0.105. The number of nitrogen functional groups attached to an aromatic ring is 1. The molecule has 19 heavy (non-hydrogen) atoms. The van der Waals surface area contributed by atoms with Crippen LogP contribution in [0, 0.1) is 5.92 Å². The van der Waals surface area contributed by atoms with Crippen LogP contribution in [0.15, 0.2) is 0 Å². The van der Waals surface area contributed by atoms with Crippen LogP contribution in [0.4, 0.5) is 17.8 Å². The van der Waals surface area contributed by atoms with Gasteiger partial charge in [0.05, 0.1) is 12.6 Å². The second kappa shape index (κ2) is 7.08. The van der Waals surface area contributed by atoms with Crippen molar-refractivity contribution in [2.45, 2.75) is 33.7 Å². The average Bonchev–Trinajstić information content (AvgIpc) is 2.36. The van der Waals surface area contributed by atoms with Crippen molar-refractivity contribution in [1.82, 2.24) is 15.0 Å². The summed E-state index contributed by atoms with van der Waals surface area (Å²) in [4.78, 5) is 14.5. The minimum absolute atomic E-state index is 0.0177. The molecule has 1 unspecified atom stereocenters. The lowest BCUT2D eigenvalue weighted by molar-refractivity contribution is 0.248. The molecule has 4 N–H and O–H groups in total. The van der Waals surface area contributed by atoms with Crippen molar-refractivity contribution >= 4 is 17.8 Å². The Balaban J connectivity index is 2.96. The predicted molar refractivity (Wildman–Crippen MR) is 77.1 cm³/mol. The van der Waals surface area contributed by atoms with Gasteiger partial charge in [-0.1, -0.05) is 13.8 Å². The highest BCUT2D eigenvalue weighted by Gasteiger charge is 2.15. The van der Waals surface area contributed by atoms with Gasteiger partial charge in [-0.25, -0.2) is 0 Å². The van der Waals surface area contributed by atoms with E-state index in [1.807, 2.05) is 32.6 Å². The monoisotopic (exact) mass is 268 g/mol. The van der Waals surface area contributed by atoms with Crippen molar-refractivity contribution in [3.63, 3.8) is 0 Å². The van der Waals surface area contributed by atoms with Gasteiger partial charge in [0.25, 0.3) is 0 Å². The smallest absolute Gasteiger partial charge is 0.231 e. The van der Waals surface area contributed by atoms with Crippen molar-refractivity contribution in [2.75, 3.05) is 35.6 Å². The Morgan fingerprint density at radius 1 is 1.21 bits per heavy atom. The molecule has 1 aromatic rings. The van der Waals surface area contributed by atoms with Crippen molar-refractivity contribution in [3.05, 3.63) is 0 Å². The lowest BCUT2D eigenvalue weighted by Gasteiger charge is -2.22. The quantitative estimate of drug-likeness (QED) is 0.670. The molecule has 0 fully saturated rings. The van der Waals surface area contributed by atoms with E-state index >= 15 is 0 Å². The Bertz CT molecular complexity index is 394. The maximum Gasteiger partial charge on any atom is 0.231 e. The Morgan fingerprint density at radius 3 is 2.32 bits per heavy atom. The largest absolute Gasteiger partial charge is 0.394 e. The van der Waals surface area contributed by atoms with E-state index in [-0.39, 0.29) is 24.5 Å². The molecule has 1 heterocycles. The first-order valence-electron chi connectivity index (χ1n) is 6.65. The number of hydrogen-bond donors (Lipinski definition) is 3. The van der Waals surface area contributed by atoms with Gasteiger partial charge in [0.2, 0.25) is 17.8 Å². The second-order valence-corrected chi connectivity index (χ2v) is 4.67. The Kier molecular flexibility index (Phi) is 5.75. The highest BCUT2D eigenvalue weighted by molar-refractivity contribution is 5.42. The molecule has 0 bridgehead atoms. The van der Waals surface area contributed by atoms with Gasteiger partial charge < -0.3 is 21.1 Å². The molecular formula is C12H24N6O. The van der Waals surface area contributed by atoms with Crippen LogP contribution in [0.3, 0.4) is 0 Å². The molecule has 0 spiro atoms. The molecule has 0 saturated carbocycles. The summed E-state index contributed by atoms with van der Waals surface area (Å²) in [5, 5.41) is 12.4. The fraction of sp³-hybridized carbons (Fsp3) is 0.750. The van der Waals surface area contributed by atoms with Crippen LogP contribution >= 0.6 is 0 Å². The van der Waals surface area contributed by atoms with Crippen molar-refractivity contribution in [3.8, 4) is 0 Å². The third kappa shape index (κ3) is 4.20. The van der Waals surface area contributed by atoms with Gasteiger partial charge in [-0.2, -0.15) is 15.0 Å². The first kappa shape index (κ1) is 15.4. The lowest BCUT2D eigenvalue weighted by Crippen LogP contribution is -2.31. The van der Waals surface area contributed by atoms with Crippen molar-refractivity contribution in [1.29, 1.82) is 0 Å². The summed E-state index contributed by atoms with van der Waals surface area (Å²) in [7, 11) is 0. The van der Waals surface area contributed by atoms with Gasteiger partial charge in [-0.05, 0) is 19.8 Å². The average molecular weight is 268 g/mol. The molecule has 1 atom stereocenters. The minimum atomic E-state index is -0.105. The molecule has 7 heteroatoms. The highest BCUT2D eigenvalue weighted by Crippen LogP contribution is 2.14. The molecule has 108 valence electrons. The number of nitrogens with zero attached hydrogens (tertiary/aromatic N) is 4. The number of nitrogens with one attached hydrogen (secondary N) is 1. The number of anilines is 3. The van der Waals surface area contributed by atoms with Crippen LogP contribution in [0.1, 0.15) is 27.7 Å². The topological polar surface area (TPSA) is 100 Å². The number of aliphatic hydroxyl groups is 1. The van der Waals surface area contributed by atoms with E-state index in [0.29, 0.717) is 11.9 Å². The molecule has 0 aliphatic carbocycles. The van der Waals surface area contributed by atoms with Crippen LogP contribution in [-0.4, -0.2) is 45.8 Å². The summed E-state index contributed by atoms with van der Waals surface area (Å²) < 4.78 is 0. The van der Waals surface area contributed by atoms with Crippen molar-refractivity contribution in [2.24, 2.45) is 5.92 Å². The molecule has 0 aromatic carbocycles. The van der Waals surface area contributed by atoms with E-state index < -0.39 is 0 Å². The standard InChI is InChI=1S/C12H24N6O/c1-5-18(6-2)12-16-10(13)15-11(17-12)14-9(7-19)8(3)4/h8-9,19H,5-7H2,1-4H3,(H3,13,14,15,16,17). The van der Waals surface area contributed by atoms with Gasteiger partial charge >= 0.3 is 0 Å². The SMILES string of the molecule is CCN(CC)c1nc(N)nc(NC(CO)C(C)C)n1. The van der Waals surface area contributed by atoms with Gasteiger partial charge in [0.15, 0.2) is 0 Å². The van der Waals surface area contributed by atoms with Gasteiger partial charge in [0, 0.05) is 13.1 Å². The zero-order valence-corrected chi connectivity index (χ0v) is 12.1. The van der Waals surface area contributed by atoms with Crippen LogP contribution < -0.4 is 16.0 Å². The number of hydrogen-bond acceptors (Lipinski definition) is 7. The zero-order valence-electron chi connectivity index (χ0n) is 12.1. The summed E-state index contributed by atoms with van der Waals surface area (Å²) in [6.45, 7) is 9.71. The molecule has 0 aliphatic rings. The third-order valence-electron chi connectivity index (χ3n) is 3.00. The van der Waals surface area contributed by atoms with Gasteiger partial charge in [-0.3, -0.25) is 0 Å².